The summed E-state index contributed by atoms with van der Waals surface area (Å²) in [5.74, 6) is 6.58. The summed E-state index contributed by atoms with van der Waals surface area (Å²) >= 11 is 0. The van der Waals surface area contributed by atoms with E-state index < -0.39 is 0 Å². The van der Waals surface area contributed by atoms with Crippen molar-refractivity contribution in [3.05, 3.63) is 0 Å². The Morgan fingerprint density at radius 1 is 0.917 bits per heavy atom. The number of piperidine rings is 1. The van der Waals surface area contributed by atoms with Crippen molar-refractivity contribution in [1.82, 2.24) is 4.90 Å². The van der Waals surface area contributed by atoms with Crippen LogP contribution in [0.25, 0.3) is 0 Å². The molecule has 24 heavy (non-hydrogen) atoms. The topological polar surface area (TPSA) is 3.24 Å². The van der Waals surface area contributed by atoms with Gasteiger partial charge in [-0.05, 0) is 104 Å². The average Bonchev–Trinajstić information content (AvgIpc) is 2.62. The molecule has 6 aliphatic rings. The van der Waals surface area contributed by atoms with Gasteiger partial charge in [0.15, 0.2) is 0 Å². The van der Waals surface area contributed by atoms with Gasteiger partial charge in [0.2, 0.25) is 0 Å². The molecule has 138 valence electrons. The summed E-state index contributed by atoms with van der Waals surface area (Å²) in [6.45, 7) is 11.9. The van der Waals surface area contributed by atoms with Crippen molar-refractivity contribution in [3.8, 4) is 0 Å². The van der Waals surface area contributed by atoms with E-state index in [1.807, 2.05) is 0 Å². The maximum atomic E-state index is 2.88. The van der Waals surface area contributed by atoms with E-state index in [0.717, 1.165) is 35.5 Å². The number of hydrogen-bond acceptors (Lipinski definition) is 1. The molecule has 0 aromatic heterocycles. The Morgan fingerprint density at radius 2 is 1.54 bits per heavy atom. The van der Waals surface area contributed by atoms with Crippen LogP contribution in [0.15, 0.2) is 0 Å². The van der Waals surface area contributed by atoms with E-state index >= 15 is 0 Å². The van der Waals surface area contributed by atoms with Crippen molar-refractivity contribution in [2.75, 3.05) is 19.6 Å². The van der Waals surface area contributed by atoms with Crippen LogP contribution in [0.1, 0.15) is 72.1 Å². The van der Waals surface area contributed by atoms with E-state index in [0.29, 0.717) is 10.8 Å². The molecule has 0 spiro atoms. The molecule has 1 saturated heterocycles. The molecule has 2 heteroatoms. The fourth-order valence-corrected chi connectivity index (χ4v) is 8.15. The summed E-state index contributed by atoms with van der Waals surface area (Å²) in [6.07, 6.45) is 12.5. The lowest BCUT2D eigenvalue weighted by Gasteiger charge is -2.55. The first-order chi connectivity index (χ1) is 10.9. The molecule has 0 radical (unpaired) electrons. The largest absolute Gasteiger partial charge is 0.302 e. The van der Waals surface area contributed by atoms with E-state index in [1.165, 1.54) is 38.9 Å². The van der Waals surface area contributed by atoms with Crippen LogP contribution in [0.5, 0.6) is 0 Å². The summed E-state index contributed by atoms with van der Waals surface area (Å²) in [5.41, 5.74) is 1.16. The molecule has 0 aromatic carbocycles. The maximum absolute atomic E-state index is 2.88. The van der Waals surface area contributed by atoms with Crippen molar-refractivity contribution >= 4 is 12.4 Å². The van der Waals surface area contributed by atoms with Crippen LogP contribution >= 0.6 is 12.4 Å². The Hall–Kier alpha value is 0.250. The van der Waals surface area contributed by atoms with Crippen molar-refractivity contribution < 1.29 is 0 Å². The molecule has 2 atom stereocenters. The first kappa shape index (κ1) is 17.7. The lowest BCUT2D eigenvalue weighted by atomic mass is 9.51. The lowest BCUT2D eigenvalue weighted by Crippen LogP contribution is -2.53. The molecule has 5 saturated carbocycles. The summed E-state index contributed by atoms with van der Waals surface area (Å²) < 4.78 is 0. The highest BCUT2D eigenvalue weighted by atomic mass is 35.5. The molecule has 1 aliphatic heterocycles. The minimum absolute atomic E-state index is 0. The van der Waals surface area contributed by atoms with E-state index in [1.54, 1.807) is 32.1 Å². The second-order valence-corrected chi connectivity index (χ2v) is 11.1. The third-order valence-electron chi connectivity index (χ3n) is 9.87. The van der Waals surface area contributed by atoms with Crippen LogP contribution in [-0.4, -0.2) is 24.5 Å². The van der Waals surface area contributed by atoms with Crippen molar-refractivity contribution in [2.24, 2.45) is 46.3 Å². The van der Waals surface area contributed by atoms with Gasteiger partial charge in [0.05, 0.1) is 0 Å². The molecule has 1 nitrogen and oxygen atoms in total. The normalized spacial score (nSPS) is 51.6. The first-order valence-electron chi connectivity index (χ1n) is 10.7. The van der Waals surface area contributed by atoms with E-state index in [9.17, 15) is 0 Å². The third kappa shape index (κ3) is 2.51. The van der Waals surface area contributed by atoms with Crippen LogP contribution in [0.4, 0.5) is 0 Å². The van der Waals surface area contributed by atoms with Gasteiger partial charge < -0.3 is 4.90 Å². The van der Waals surface area contributed by atoms with Crippen LogP contribution < -0.4 is 0 Å². The summed E-state index contributed by atoms with van der Waals surface area (Å²) in [4.78, 5) is 2.88. The quantitative estimate of drug-likeness (QED) is 0.637. The van der Waals surface area contributed by atoms with Crippen molar-refractivity contribution in [3.63, 3.8) is 0 Å². The lowest BCUT2D eigenvalue weighted by molar-refractivity contribution is -0.0541. The highest BCUT2D eigenvalue weighted by molar-refractivity contribution is 5.85. The molecule has 1 unspecified atom stereocenters. The van der Waals surface area contributed by atoms with Crippen LogP contribution in [0.3, 0.4) is 0 Å². The van der Waals surface area contributed by atoms with Crippen molar-refractivity contribution in [1.29, 1.82) is 0 Å². The second-order valence-electron chi connectivity index (χ2n) is 11.1. The molecular formula is C22H38ClN. The fraction of sp³-hybridized carbons (Fsp3) is 1.00. The average molecular weight is 352 g/mol. The standard InChI is InChI=1S/C22H37N.ClH/c1-21(2)19-4-6-22(21,3)14-23(13-19)7-5-20-17-9-15-8-16(11-17)12-18(20)10-15;/h15-20H,4-14H2,1-3H3;1H/t15?,16?,17?,18?,19?,20?,22-;/m1./s1. The minimum Gasteiger partial charge on any atom is -0.302 e. The van der Waals surface area contributed by atoms with Crippen molar-refractivity contribution in [2.45, 2.75) is 72.1 Å². The maximum Gasteiger partial charge on any atom is 0.00407 e. The van der Waals surface area contributed by atoms with E-state index in [4.69, 9.17) is 0 Å². The Kier molecular flexibility index (Phi) is 4.32. The summed E-state index contributed by atoms with van der Waals surface area (Å²) in [7, 11) is 0. The zero-order valence-electron chi connectivity index (χ0n) is 16.1. The van der Waals surface area contributed by atoms with Crippen LogP contribution in [-0.2, 0) is 0 Å². The van der Waals surface area contributed by atoms with Gasteiger partial charge in [-0.15, -0.1) is 12.4 Å². The van der Waals surface area contributed by atoms with Crippen LogP contribution in [0, 0.1) is 46.3 Å². The zero-order chi connectivity index (χ0) is 15.8. The molecule has 6 bridgehead atoms. The smallest absolute Gasteiger partial charge is 0.00407 e. The first-order valence-corrected chi connectivity index (χ1v) is 10.7. The number of nitrogens with zero attached hydrogens (tertiary/aromatic N) is 1. The minimum atomic E-state index is 0. The highest BCUT2D eigenvalue weighted by Gasteiger charge is 2.55. The third-order valence-corrected chi connectivity index (χ3v) is 9.87. The Morgan fingerprint density at radius 3 is 2.12 bits per heavy atom. The predicted octanol–water partition coefficient (Wildman–Crippen LogP) is 5.63. The molecule has 5 aliphatic carbocycles. The van der Waals surface area contributed by atoms with Gasteiger partial charge in [-0.2, -0.15) is 0 Å². The Labute approximate surface area is 155 Å². The summed E-state index contributed by atoms with van der Waals surface area (Å²) in [5, 5.41) is 0. The Bertz CT molecular complexity index is 458. The fourth-order valence-electron chi connectivity index (χ4n) is 8.15. The van der Waals surface area contributed by atoms with Gasteiger partial charge >= 0.3 is 0 Å². The van der Waals surface area contributed by atoms with Gasteiger partial charge in [0.1, 0.15) is 0 Å². The second kappa shape index (κ2) is 5.88. The zero-order valence-corrected chi connectivity index (χ0v) is 16.9. The highest BCUT2D eigenvalue weighted by Crippen LogP contribution is 2.60. The number of halogens is 1. The van der Waals surface area contributed by atoms with Gasteiger partial charge in [0.25, 0.3) is 0 Å². The van der Waals surface area contributed by atoms with E-state index in [-0.39, 0.29) is 12.4 Å². The number of fused-ring (bicyclic) bond motifs is 2. The van der Waals surface area contributed by atoms with Gasteiger partial charge in [-0.1, -0.05) is 20.8 Å². The van der Waals surface area contributed by atoms with Gasteiger partial charge in [-0.25, -0.2) is 0 Å². The molecule has 0 aromatic rings. The number of hydrogen-bond donors (Lipinski definition) is 0. The molecular weight excluding hydrogens is 314 g/mol. The van der Waals surface area contributed by atoms with Gasteiger partial charge in [0, 0.05) is 13.1 Å². The van der Waals surface area contributed by atoms with Crippen LogP contribution in [0.2, 0.25) is 0 Å². The van der Waals surface area contributed by atoms with Gasteiger partial charge in [-0.3, -0.25) is 0 Å². The summed E-state index contributed by atoms with van der Waals surface area (Å²) in [6, 6.07) is 0. The predicted molar refractivity (Wildman–Crippen MR) is 103 cm³/mol. The molecule has 6 rings (SSSR count). The monoisotopic (exact) mass is 351 g/mol. The van der Waals surface area contributed by atoms with E-state index in [2.05, 4.69) is 25.7 Å². The SMILES string of the molecule is CC1(C)C2CC[C@]1(C)CN(CCC1C3CC4CC(C3)CC1C4)C2.Cl. The number of rotatable bonds is 3. The number of likely N-dealkylation sites (tertiary alicyclic amines) is 1. The molecule has 0 amide bonds. The molecule has 1 heterocycles. The molecule has 0 N–H and O–H groups in total. The Balaban J connectivity index is 0.00000146. The molecule has 6 fully saturated rings.